The molecule has 1 aliphatic rings. The van der Waals surface area contributed by atoms with E-state index in [1.807, 2.05) is 0 Å². The van der Waals surface area contributed by atoms with Crippen LogP contribution in [-0.2, 0) is 6.54 Å². The highest BCUT2D eigenvalue weighted by atomic mass is 19.1. The molecule has 0 radical (unpaired) electrons. The molecule has 0 atom stereocenters. The van der Waals surface area contributed by atoms with Crippen molar-refractivity contribution >= 4 is 17.3 Å². The highest BCUT2D eigenvalue weighted by Gasteiger charge is 2.28. The Balaban J connectivity index is 1.61. The van der Waals surface area contributed by atoms with Crippen LogP contribution in [0.4, 0.5) is 20.2 Å². The smallest absolute Gasteiger partial charge is 0.258 e. The molecule has 0 spiro atoms. The number of benzene rings is 3. The first-order chi connectivity index (χ1) is 12.5. The summed E-state index contributed by atoms with van der Waals surface area (Å²) in [5.41, 5.74) is 8.46. The maximum atomic E-state index is 13.8. The highest BCUT2D eigenvalue weighted by Crippen LogP contribution is 2.33. The van der Waals surface area contributed by atoms with Crippen molar-refractivity contribution in [1.82, 2.24) is 0 Å². The molecule has 4 nitrogen and oxygen atoms in total. The van der Waals surface area contributed by atoms with Gasteiger partial charge in [0.25, 0.3) is 5.91 Å². The first-order valence-electron chi connectivity index (χ1n) is 7.94. The number of hydrogen-bond donors (Lipinski definition) is 1. The van der Waals surface area contributed by atoms with Gasteiger partial charge < -0.3 is 15.4 Å². The molecule has 0 aliphatic carbocycles. The molecule has 130 valence electrons. The summed E-state index contributed by atoms with van der Waals surface area (Å²) in [7, 11) is 0. The Morgan fingerprint density at radius 1 is 1.00 bits per heavy atom. The van der Waals surface area contributed by atoms with E-state index in [-0.39, 0.29) is 11.7 Å². The van der Waals surface area contributed by atoms with E-state index in [1.54, 1.807) is 47.4 Å². The van der Waals surface area contributed by atoms with Gasteiger partial charge in [-0.15, -0.1) is 0 Å². The van der Waals surface area contributed by atoms with Crippen LogP contribution in [0.1, 0.15) is 15.9 Å². The van der Waals surface area contributed by atoms with Gasteiger partial charge in [-0.05, 0) is 48.0 Å². The first kappa shape index (κ1) is 16.1. The molecule has 3 aromatic rings. The third-order valence-electron chi connectivity index (χ3n) is 4.18. The predicted octanol–water partition coefficient (Wildman–Crippen LogP) is 4.50. The molecule has 0 unspecified atom stereocenters. The Morgan fingerprint density at radius 2 is 1.85 bits per heavy atom. The molecule has 0 bridgehead atoms. The highest BCUT2D eigenvalue weighted by molar-refractivity contribution is 6.10. The van der Waals surface area contributed by atoms with Crippen molar-refractivity contribution in [3.8, 4) is 11.5 Å². The van der Waals surface area contributed by atoms with Crippen molar-refractivity contribution in [2.24, 2.45) is 0 Å². The number of amides is 1. The molecule has 4 rings (SSSR count). The Labute approximate surface area is 148 Å². The van der Waals surface area contributed by atoms with Gasteiger partial charge in [0.15, 0.2) is 11.6 Å². The Hall–Kier alpha value is -3.41. The summed E-state index contributed by atoms with van der Waals surface area (Å²) in [6, 6.07) is 15.0. The van der Waals surface area contributed by atoms with Crippen LogP contribution in [0, 0.1) is 11.6 Å². The number of rotatable bonds is 3. The van der Waals surface area contributed by atoms with Gasteiger partial charge in [0.2, 0.25) is 0 Å². The molecule has 26 heavy (non-hydrogen) atoms. The largest absolute Gasteiger partial charge is 0.454 e. The monoisotopic (exact) mass is 352 g/mol. The van der Waals surface area contributed by atoms with Crippen molar-refractivity contribution in [3.05, 3.63) is 83.4 Å². The van der Waals surface area contributed by atoms with Gasteiger partial charge in [0.1, 0.15) is 11.6 Å². The number of halogens is 2. The fourth-order valence-electron chi connectivity index (χ4n) is 2.95. The summed E-state index contributed by atoms with van der Waals surface area (Å²) in [5.74, 6) is -1.35. The first-order valence-corrected chi connectivity index (χ1v) is 7.94. The predicted molar refractivity (Wildman–Crippen MR) is 94.2 cm³/mol. The number of carbonyl (C=O) groups is 1. The van der Waals surface area contributed by atoms with Crippen molar-refractivity contribution in [2.45, 2.75) is 6.54 Å². The summed E-state index contributed by atoms with van der Waals surface area (Å²) in [6.07, 6.45) is 0. The lowest BCUT2D eigenvalue weighted by Crippen LogP contribution is -2.22. The van der Waals surface area contributed by atoms with Crippen molar-refractivity contribution < 1.29 is 18.3 Å². The summed E-state index contributed by atoms with van der Waals surface area (Å²) in [4.78, 5) is 14.2. The third-order valence-corrected chi connectivity index (χ3v) is 4.18. The van der Waals surface area contributed by atoms with E-state index in [2.05, 4.69) is 0 Å². The second-order valence-corrected chi connectivity index (χ2v) is 5.98. The topological polar surface area (TPSA) is 55.6 Å². The minimum absolute atomic E-state index is 0.0904. The van der Waals surface area contributed by atoms with Crippen LogP contribution in [0.15, 0.2) is 60.7 Å². The molecule has 0 aromatic heterocycles. The van der Waals surface area contributed by atoms with Crippen LogP contribution in [-0.4, -0.2) is 5.91 Å². The standard InChI is InChI=1S/C20H14F2N2O2/c21-13-4-7-19(18(22)9-13)26-16-3-1-2-15(10-16)24-11-12-8-14(23)5-6-17(12)20(24)25/h1-10H,11,23H2. The fourth-order valence-corrected chi connectivity index (χ4v) is 2.95. The van der Waals surface area contributed by atoms with Gasteiger partial charge in [0.05, 0.1) is 6.54 Å². The number of nitrogens with zero attached hydrogens (tertiary/aromatic N) is 1. The van der Waals surface area contributed by atoms with Gasteiger partial charge in [-0.1, -0.05) is 6.07 Å². The number of anilines is 2. The molecule has 0 saturated heterocycles. The second-order valence-electron chi connectivity index (χ2n) is 5.98. The third kappa shape index (κ3) is 2.86. The van der Waals surface area contributed by atoms with Crippen LogP contribution in [0.5, 0.6) is 11.5 Å². The normalized spacial score (nSPS) is 13.0. The zero-order chi connectivity index (χ0) is 18.3. The quantitative estimate of drug-likeness (QED) is 0.706. The van der Waals surface area contributed by atoms with E-state index in [0.717, 1.165) is 17.7 Å². The minimum Gasteiger partial charge on any atom is -0.454 e. The summed E-state index contributed by atoms with van der Waals surface area (Å²) in [5, 5.41) is 0. The molecule has 0 fully saturated rings. The number of nitrogen functional groups attached to an aromatic ring is 1. The van der Waals surface area contributed by atoms with E-state index in [0.29, 0.717) is 29.2 Å². The average Bonchev–Trinajstić information content (AvgIpc) is 2.94. The maximum absolute atomic E-state index is 13.8. The number of hydrogen-bond acceptors (Lipinski definition) is 3. The van der Waals surface area contributed by atoms with E-state index < -0.39 is 11.6 Å². The van der Waals surface area contributed by atoms with E-state index in [4.69, 9.17) is 10.5 Å². The number of nitrogens with two attached hydrogens (primary N) is 1. The molecular weight excluding hydrogens is 338 g/mol. The Morgan fingerprint density at radius 3 is 2.65 bits per heavy atom. The van der Waals surface area contributed by atoms with E-state index in [9.17, 15) is 13.6 Å². The molecule has 1 amide bonds. The van der Waals surface area contributed by atoms with Gasteiger partial charge >= 0.3 is 0 Å². The van der Waals surface area contributed by atoms with E-state index >= 15 is 0 Å². The van der Waals surface area contributed by atoms with Crippen molar-refractivity contribution in [3.63, 3.8) is 0 Å². The number of fused-ring (bicyclic) bond motifs is 1. The van der Waals surface area contributed by atoms with Crippen LogP contribution >= 0.6 is 0 Å². The van der Waals surface area contributed by atoms with Gasteiger partial charge in [-0.3, -0.25) is 4.79 Å². The summed E-state index contributed by atoms with van der Waals surface area (Å²) >= 11 is 0. The van der Waals surface area contributed by atoms with E-state index in [1.165, 1.54) is 6.07 Å². The Bertz CT molecular complexity index is 1020. The van der Waals surface area contributed by atoms with Gasteiger partial charge in [0, 0.05) is 29.1 Å². The Kier molecular flexibility index (Phi) is 3.80. The lowest BCUT2D eigenvalue weighted by Gasteiger charge is -2.17. The molecule has 1 aliphatic heterocycles. The number of ether oxygens (including phenoxy) is 1. The van der Waals surface area contributed by atoms with Crippen LogP contribution < -0.4 is 15.4 Å². The van der Waals surface area contributed by atoms with Gasteiger partial charge in [-0.25, -0.2) is 8.78 Å². The van der Waals surface area contributed by atoms with Crippen LogP contribution in [0.2, 0.25) is 0 Å². The number of carbonyl (C=O) groups excluding carboxylic acids is 1. The fraction of sp³-hybridized carbons (Fsp3) is 0.0500. The minimum atomic E-state index is -0.796. The zero-order valence-corrected chi connectivity index (χ0v) is 13.6. The maximum Gasteiger partial charge on any atom is 0.258 e. The average molecular weight is 352 g/mol. The van der Waals surface area contributed by atoms with Crippen LogP contribution in [0.3, 0.4) is 0 Å². The molecule has 2 N–H and O–H groups in total. The second kappa shape index (κ2) is 6.15. The molecule has 1 heterocycles. The molecule has 3 aromatic carbocycles. The molecule has 0 saturated carbocycles. The summed E-state index contributed by atoms with van der Waals surface area (Å²) in [6.45, 7) is 0.396. The lowest BCUT2D eigenvalue weighted by molar-refractivity contribution is 0.0996. The lowest BCUT2D eigenvalue weighted by atomic mass is 10.1. The van der Waals surface area contributed by atoms with Crippen molar-refractivity contribution in [1.29, 1.82) is 0 Å². The molecular formula is C20H14F2N2O2. The zero-order valence-electron chi connectivity index (χ0n) is 13.6. The van der Waals surface area contributed by atoms with Gasteiger partial charge in [-0.2, -0.15) is 0 Å². The van der Waals surface area contributed by atoms with Crippen molar-refractivity contribution in [2.75, 3.05) is 10.6 Å². The van der Waals surface area contributed by atoms with Crippen LogP contribution in [0.25, 0.3) is 0 Å². The summed E-state index contributed by atoms with van der Waals surface area (Å²) < 4.78 is 32.3. The molecule has 6 heteroatoms. The SMILES string of the molecule is Nc1ccc2c(c1)CN(c1cccc(Oc3ccc(F)cc3F)c1)C2=O.